The molecule has 0 aliphatic carbocycles. The van der Waals surface area contributed by atoms with Gasteiger partial charge in [0.1, 0.15) is 5.75 Å². The minimum atomic E-state index is 0.0549. The van der Waals surface area contributed by atoms with Gasteiger partial charge >= 0.3 is 0 Å². The lowest BCUT2D eigenvalue weighted by atomic mass is 10.2. The predicted octanol–water partition coefficient (Wildman–Crippen LogP) is 1.37. The Bertz CT molecular complexity index is 665. The van der Waals surface area contributed by atoms with Crippen molar-refractivity contribution < 1.29 is 9.53 Å². The van der Waals surface area contributed by atoms with Crippen molar-refractivity contribution in [2.45, 2.75) is 19.5 Å². The van der Waals surface area contributed by atoms with E-state index in [4.69, 9.17) is 4.74 Å². The molecule has 3 rings (SSSR count). The highest BCUT2D eigenvalue weighted by molar-refractivity contribution is 5.93. The van der Waals surface area contributed by atoms with Gasteiger partial charge in [-0.2, -0.15) is 5.10 Å². The molecule has 1 saturated heterocycles. The van der Waals surface area contributed by atoms with Crippen LogP contribution in [0.15, 0.2) is 36.7 Å². The number of aromatic nitrogens is 2. The highest BCUT2D eigenvalue weighted by Gasteiger charge is 2.22. The summed E-state index contributed by atoms with van der Waals surface area (Å²) >= 11 is 0. The molecular formula is C17H22N4O2. The van der Waals surface area contributed by atoms with Crippen molar-refractivity contribution in [2.75, 3.05) is 26.7 Å². The lowest BCUT2D eigenvalue weighted by Gasteiger charge is -2.31. The Morgan fingerprint density at radius 3 is 2.87 bits per heavy atom. The Labute approximate surface area is 136 Å². The molecule has 1 atom stereocenters. The van der Waals surface area contributed by atoms with Crippen LogP contribution in [0.1, 0.15) is 22.8 Å². The van der Waals surface area contributed by atoms with Crippen LogP contribution in [0.3, 0.4) is 0 Å². The molecule has 1 aliphatic heterocycles. The first-order valence-electron chi connectivity index (χ1n) is 7.84. The van der Waals surface area contributed by atoms with Crippen LogP contribution in [0.25, 0.3) is 0 Å². The second-order valence-electron chi connectivity index (χ2n) is 5.88. The highest BCUT2D eigenvalue weighted by Crippen LogP contribution is 2.13. The molecule has 1 aliphatic rings. The maximum Gasteiger partial charge on any atom is 0.257 e. The number of hydrogen-bond donors (Lipinski definition) is 1. The molecule has 1 N–H and O–H groups in total. The molecule has 1 aromatic heterocycles. The second-order valence-corrected chi connectivity index (χ2v) is 5.88. The monoisotopic (exact) mass is 314 g/mol. The third-order valence-electron chi connectivity index (χ3n) is 4.04. The molecule has 2 aromatic rings. The van der Waals surface area contributed by atoms with Gasteiger partial charge in [0.25, 0.3) is 5.91 Å². The van der Waals surface area contributed by atoms with Crippen LogP contribution >= 0.6 is 0 Å². The van der Waals surface area contributed by atoms with E-state index < -0.39 is 0 Å². The summed E-state index contributed by atoms with van der Waals surface area (Å²) in [5.41, 5.74) is 1.76. The summed E-state index contributed by atoms with van der Waals surface area (Å²) < 4.78 is 6.95. The van der Waals surface area contributed by atoms with E-state index in [0.717, 1.165) is 30.9 Å². The van der Waals surface area contributed by atoms with Gasteiger partial charge in [-0.05, 0) is 24.6 Å². The van der Waals surface area contributed by atoms with E-state index in [1.165, 1.54) is 0 Å². The fraction of sp³-hybridized carbons (Fsp3) is 0.412. The van der Waals surface area contributed by atoms with E-state index >= 15 is 0 Å². The molecule has 1 fully saturated rings. The largest absolute Gasteiger partial charge is 0.497 e. The zero-order chi connectivity index (χ0) is 16.2. The summed E-state index contributed by atoms with van der Waals surface area (Å²) in [4.78, 5) is 14.4. The third-order valence-corrected chi connectivity index (χ3v) is 4.04. The number of ether oxygens (including phenoxy) is 1. The Hall–Kier alpha value is -2.34. The smallest absolute Gasteiger partial charge is 0.257 e. The molecule has 122 valence electrons. The summed E-state index contributed by atoms with van der Waals surface area (Å²) in [7, 11) is 1.65. The fourth-order valence-electron chi connectivity index (χ4n) is 2.78. The molecule has 23 heavy (non-hydrogen) atoms. The third kappa shape index (κ3) is 3.71. The molecular weight excluding hydrogens is 292 g/mol. The maximum atomic E-state index is 12.5. The molecule has 0 spiro atoms. The van der Waals surface area contributed by atoms with Gasteiger partial charge in [-0.3, -0.25) is 9.48 Å². The van der Waals surface area contributed by atoms with Crippen molar-refractivity contribution in [3.05, 3.63) is 47.8 Å². The van der Waals surface area contributed by atoms with Gasteiger partial charge in [0.2, 0.25) is 0 Å². The quantitative estimate of drug-likeness (QED) is 0.926. The Morgan fingerprint density at radius 1 is 1.39 bits per heavy atom. The first-order chi connectivity index (χ1) is 11.2. The molecule has 2 heterocycles. The van der Waals surface area contributed by atoms with Crippen LogP contribution in [-0.4, -0.2) is 53.4 Å². The summed E-state index contributed by atoms with van der Waals surface area (Å²) in [5.74, 6) is 0.886. The standard InChI is InChI=1S/C17H22N4O2/c1-13-10-20(8-7-18-13)17(22)15-9-19-21(12-15)11-14-3-5-16(23-2)6-4-14/h3-6,9,12-13,18H,7-8,10-11H2,1-2H3/t13-/m1/s1. The highest BCUT2D eigenvalue weighted by atomic mass is 16.5. The van der Waals surface area contributed by atoms with Gasteiger partial charge in [-0.1, -0.05) is 12.1 Å². The van der Waals surface area contributed by atoms with Gasteiger partial charge in [0.05, 0.1) is 25.4 Å². The number of piperazine rings is 1. The number of methoxy groups -OCH3 is 1. The topological polar surface area (TPSA) is 59.4 Å². The molecule has 0 saturated carbocycles. The van der Waals surface area contributed by atoms with Crippen molar-refractivity contribution >= 4 is 5.91 Å². The van der Waals surface area contributed by atoms with E-state index in [1.54, 1.807) is 18.0 Å². The average molecular weight is 314 g/mol. The number of amides is 1. The number of carbonyl (C=O) groups excluding carboxylic acids is 1. The number of benzene rings is 1. The molecule has 1 aromatic carbocycles. The van der Waals surface area contributed by atoms with Crippen LogP contribution < -0.4 is 10.1 Å². The summed E-state index contributed by atoms with van der Waals surface area (Å²) in [5, 5.41) is 7.65. The molecule has 0 radical (unpaired) electrons. The van der Waals surface area contributed by atoms with Crippen molar-refractivity contribution in [1.82, 2.24) is 20.0 Å². The summed E-state index contributed by atoms with van der Waals surface area (Å²) in [6.07, 6.45) is 3.47. The van der Waals surface area contributed by atoms with Crippen molar-refractivity contribution in [3.63, 3.8) is 0 Å². The van der Waals surface area contributed by atoms with Crippen LogP contribution in [0.5, 0.6) is 5.75 Å². The van der Waals surface area contributed by atoms with Gasteiger partial charge in [0, 0.05) is 31.9 Å². The number of nitrogens with one attached hydrogen (secondary N) is 1. The van der Waals surface area contributed by atoms with E-state index in [0.29, 0.717) is 18.2 Å². The first-order valence-corrected chi connectivity index (χ1v) is 7.84. The Kier molecular flexibility index (Phi) is 4.62. The van der Waals surface area contributed by atoms with Crippen LogP contribution in [-0.2, 0) is 6.54 Å². The SMILES string of the molecule is COc1ccc(Cn2cc(C(=O)N3CCN[C@H](C)C3)cn2)cc1. The number of carbonyl (C=O) groups is 1. The van der Waals surface area contributed by atoms with Crippen molar-refractivity contribution in [1.29, 1.82) is 0 Å². The molecule has 0 unspecified atom stereocenters. The molecule has 0 bridgehead atoms. The predicted molar refractivity (Wildman–Crippen MR) is 87.7 cm³/mol. The normalized spacial score (nSPS) is 18.0. The minimum Gasteiger partial charge on any atom is -0.497 e. The zero-order valence-corrected chi connectivity index (χ0v) is 13.5. The number of nitrogens with zero attached hydrogens (tertiary/aromatic N) is 3. The van der Waals surface area contributed by atoms with Crippen molar-refractivity contribution in [2.24, 2.45) is 0 Å². The van der Waals surface area contributed by atoms with E-state index in [1.807, 2.05) is 35.4 Å². The summed E-state index contributed by atoms with van der Waals surface area (Å²) in [6, 6.07) is 8.18. The van der Waals surface area contributed by atoms with Crippen LogP contribution in [0, 0.1) is 0 Å². The molecule has 1 amide bonds. The van der Waals surface area contributed by atoms with E-state index in [9.17, 15) is 4.79 Å². The fourth-order valence-corrected chi connectivity index (χ4v) is 2.78. The van der Waals surface area contributed by atoms with Crippen LogP contribution in [0.4, 0.5) is 0 Å². The molecule has 6 nitrogen and oxygen atoms in total. The van der Waals surface area contributed by atoms with Gasteiger partial charge in [0.15, 0.2) is 0 Å². The number of rotatable bonds is 4. The Morgan fingerprint density at radius 2 is 2.17 bits per heavy atom. The Balaban J connectivity index is 1.66. The maximum absolute atomic E-state index is 12.5. The van der Waals surface area contributed by atoms with E-state index in [2.05, 4.69) is 17.3 Å². The molecule has 6 heteroatoms. The van der Waals surface area contributed by atoms with Gasteiger partial charge in [-0.15, -0.1) is 0 Å². The van der Waals surface area contributed by atoms with E-state index in [-0.39, 0.29) is 5.91 Å². The van der Waals surface area contributed by atoms with Crippen molar-refractivity contribution in [3.8, 4) is 5.75 Å². The van der Waals surface area contributed by atoms with Gasteiger partial charge < -0.3 is 15.0 Å². The zero-order valence-electron chi connectivity index (χ0n) is 13.5. The van der Waals surface area contributed by atoms with Gasteiger partial charge in [-0.25, -0.2) is 0 Å². The lowest BCUT2D eigenvalue weighted by Crippen LogP contribution is -2.51. The number of hydrogen-bond acceptors (Lipinski definition) is 4. The average Bonchev–Trinajstić information content (AvgIpc) is 3.03. The first kappa shape index (κ1) is 15.6. The minimum absolute atomic E-state index is 0.0549. The van der Waals surface area contributed by atoms with Crippen LogP contribution in [0.2, 0.25) is 0 Å². The second kappa shape index (κ2) is 6.83. The summed E-state index contributed by atoms with van der Waals surface area (Å²) in [6.45, 7) is 5.05. The lowest BCUT2D eigenvalue weighted by molar-refractivity contribution is 0.0709.